The lowest BCUT2D eigenvalue weighted by Gasteiger charge is -2.21. The number of fused-ring (bicyclic) bond motifs is 1. The normalized spacial score (nSPS) is 19.4. The van der Waals surface area contributed by atoms with Gasteiger partial charge in [-0.1, -0.05) is 0 Å². The van der Waals surface area contributed by atoms with Crippen LogP contribution in [0.1, 0.15) is 24.6 Å². The van der Waals surface area contributed by atoms with Crippen LogP contribution >= 0.6 is 0 Å². The predicted molar refractivity (Wildman–Crippen MR) is 71.1 cm³/mol. The summed E-state index contributed by atoms with van der Waals surface area (Å²) in [5.74, 6) is -0.732. The lowest BCUT2D eigenvalue weighted by atomic mass is 10.1. The van der Waals surface area contributed by atoms with Gasteiger partial charge in [0.05, 0.1) is 5.52 Å². The molecule has 0 aromatic carbocycles. The standard InChI is InChI=1S/C13H14N4O3/c1-7-3-4-8-11(14-7)16(2)13(20)17(8)9-5-6-10(18)15-12(9)19/h3-4,9H,5-6H2,1-2H3,(H,15,18,19). The Bertz CT molecular complexity index is 787. The van der Waals surface area contributed by atoms with E-state index in [0.29, 0.717) is 17.6 Å². The molecule has 3 rings (SSSR count). The molecule has 2 aromatic rings. The molecule has 3 heterocycles. The van der Waals surface area contributed by atoms with E-state index in [9.17, 15) is 14.4 Å². The number of hydrogen-bond donors (Lipinski definition) is 1. The molecule has 7 nitrogen and oxygen atoms in total. The minimum atomic E-state index is -0.659. The molecule has 0 aliphatic carbocycles. The van der Waals surface area contributed by atoms with Gasteiger partial charge in [-0.2, -0.15) is 0 Å². The molecule has 1 N–H and O–H groups in total. The van der Waals surface area contributed by atoms with Crippen molar-refractivity contribution in [1.82, 2.24) is 19.4 Å². The number of carbonyl (C=O) groups is 2. The highest BCUT2D eigenvalue weighted by Gasteiger charge is 2.31. The molecule has 2 amide bonds. The van der Waals surface area contributed by atoms with Crippen molar-refractivity contribution in [1.29, 1.82) is 0 Å². The SMILES string of the molecule is Cc1ccc2c(n1)n(C)c(=O)n2C1CCC(=O)NC1=O. The van der Waals surface area contributed by atoms with Gasteiger partial charge < -0.3 is 0 Å². The van der Waals surface area contributed by atoms with Gasteiger partial charge >= 0.3 is 5.69 Å². The number of rotatable bonds is 1. The zero-order valence-electron chi connectivity index (χ0n) is 11.2. The first-order chi connectivity index (χ1) is 9.49. The summed E-state index contributed by atoms with van der Waals surface area (Å²) in [6, 6.07) is 2.92. The number of hydrogen-bond acceptors (Lipinski definition) is 4. The Labute approximate surface area is 114 Å². The maximum atomic E-state index is 12.3. The Morgan fingerprint density at radius 1 is 1.30 bits per heavy atom. The number of nitrogens with zero attached hydrogens (tertiary/aromatic N) is 3. The smallest absolute Gasteiger partial charge is 0.295 e. The van der Waals surface area contributed by atoms with Crippen LogP contribution in [-0.4, -0.2) is 25.9 Å². The van der Waals surface area contributed by atoms with Gasteiger partial charge in [0, 0.05) is 19.2 Å². The fourth-order valence-corrected chi connectivity index (χ4v) is 2.56. The highest BCUT2D eigenvalue weighted by molar-refractivity contribution is 6.00. The van der Waals surface area contributed by atoms with Crippen molar-refractivity contribution in [2.45, 2.75) is 25.8 Å². The second-order valence-corrected chi connectivity index (χ2v) is 4.97. The summed E-state index contributed by atoms with van der Waals surface area (Å²) < 4.78 is 2.84. The zero-order valence-corrected chi connectivity index (χ0v) is 11.2. The molecule has 0 radical (unpaired) electrons. The van der Waals surface area contributed by atoms with Crippen molar-refractivity contribution in [3.8, 4) is 0 Å². The minimum absolute atomic E-state index is 0.235. The largest absolute Gasteiger partial charge is 0.330 e. The number of nitrogens with one attached hydrogen (secondary N) is 1. The monoisotopic (exact) mass is 274 g/mol. The van der Waals surface area contributed by atoms with Crippen molar-refractivity contribution >= 4 is 23.0 Å². The zero-order chi connectivity index (χ0) is 14.4. The predicted octanol–water partition coefficient (Wildman–Crippen LogP) is 0.0211. The molecule has 1 aliphatic rings. The highest BCUT2D eigenvalue weighted by Crippen LogP contribution is 2.22. The third-order valence-corrected chi connectivity index (χ3v) is 3.59. The van der Waals surface area contributed by atoms with Crippen LogP contribution < -0.4 is 11.0 Å². The molecule has 1 fully saturated rings. The average Bonchev–Trinajstić information content (AvgIpc) is 2.63. The molecule has 7 heteroatoms. The molecule has 0 spiro atoms. The van der Waals surface area contributed by atoms with E-state index in [-0.39, 0.29) is 18.0 Å². The molecule has 1 unspecified atom stereocenters. The van der Waals surface area contributed by atoms with Crippen LogP contribution in [0.15, 0.2) is 16.9 Å². The van der Waals surface area contributed by atoms with Crippen molar-refractivity contribution in [3.63, 3.8) is 0 Å². The summed E-state index contributed by atoms with van der Waals surface area (Å²) in [4.78, 5) is 39.8. The Hall–Kier alpha value is -2.44. The number of aryl methyl sites for hydroxylation is 2. The van der Waals surface area contributed by atoms with Crippen molar-refractivity contribution < 1.29 is 9.59 Å². The van der Waals surface area contributed by atoms with Crippen LogP contribution in [0.3, 0.4) is 0 Å². The quantitative estimate of drug-likeness (QED) is 0.743. The van der Waals surface area contributed by atoms with Crippen molar-refractivity contribution in [2.24, 2.45) is 7.05 Å². The molecular weight excluding hydrogens is 260 g/mol. The van der Waals surface area contributed by atoms with Gasteiger partial charge in [-0.3, -0.25) is 24.0 Å². The summed E-state index contributed by atoms with van der Waals surface area (Å²) in [6.07, 6.45) is 0.566. The number of aromatic nitrogens is 3. The molecular formula is C13H14N4O3. The van der Waals surface area contributed by atoms with Crippen LogP contribution in [0.2, 0.25) is 0 Å². The first-order valence-electron chi connectivity index (χ1n) is 6.37. The second-order valence-electron chi connectivity index (χ2n) is 4.97. The number of imidazole rings is 1. The van der Waals surface area contributed by atoms with Crippen molar-refractivity contribution in [3.05, 3.63) is 28.3 Å². The Kier molecular flexibility index (Phi) is 2.70. The Morgan fingerprint density at radius 3 is 2.75 bits per heavy atom. The molecule has 20 heavy (non-hydrogen) atoms. The number of piperidine rings is 1. The molecule has 1 atom stereocenters. The van der Waals surface area contributed by atoms with Gasteiger partial charge in [-0.05, 0) is 25.5 Å². The van der Waals surface area contributed by atoms with Crippen LogP contribution in [-0.2, 0) is 16.6 Å². The molecule has 104 valence electrons. The van der Waals surface area contributed by atoms with E-state index >= 15 is 0 Å². The summed E-state index contributed by atoms with van der Waals surface area (Å²) in [5, 5.41) is 2.27. The first-order valence-corrected chi connectivity index (χ1v) is 6.37. The third kappa shape index (κ3) is 1.74. The highest BCUT2D eigenvalue weighted by atomic mass is 16.2. The van der Waals surface area contributed by atoms with E-state index < -0.39 is 11.9 Å². The lowest BCUT2D eigenvalue weighted by molar-refractivity contribution is -0.135. The van der Waals surface area contributed by atoms with Gasteiger partial charge in [0.2, 0.25) is 11.8 Å². The molecule has 1 saturated heterocycles. The van der Waals surface area contributed by atoms with Crippen molar-refractivity contribution in [2.75, 3.05) is 0 Å². The number of carbonyl (C=O) groups excluding carboxylic acids is 2. The van der Waals surface area contributed by atoms with Gasteiger partial charge in [0.1, 0.15) is 6.04 Å². The molecule has 0 saturated carbocycles. The lowest BCUT2D eigenvalue weighted by Crippen LogP contribution is -2.44. The van der Waals surface area contributed by atoms with E-state index in [1.807, 2.05) is 6.92 Å². The number of imide groups is 1. The van der Waals surface area contributed by atoms with Gasteiger partial charge in [0.15, 0.2) is 5.65 Å². The van der Waals surface area contributed by atoms with E-state index in [0.717, 1.165) is 5.69 Å². The second kappa shape index (κ2) is 4.29. The maximum absolute atomic E-state index is 12.3. The fourth-order valence-electron chi connectivity index (χ4n) is 2.56. The summed E-state index contributed by atoms with van der Waals surface area (Å²) in [7, 11) is 1.62. The minimum Gasteiger partial charge on any atom is -0.295 e. The fraction of sp³-hybridized carbons (Fsp3) is 0.385. The summed E-state index contributed by atoms with van der Waals surface area (Å²) in [6.45, 7) is 1.84. The Morgan fingerprint density at radius 2 is 2.05 bits per heavy atom. The first kappa shape index (κ1) is 12.6. The topological polar surface area (TPSA) is 86.0 Å². The van der Waals surface area contributed by atoms with Gasteiger partial charge in [-0.25, -0.2) is 9.78 Å². The number of pyridine rings is 1. The van der Waals surface area contributed by atoms with Crippen LogP contribution in [0.5, 0.6) is 0 Å². The molecule has 2 aromatic heterocycles. The van der Waals surface area contributed by atoms with Crippen LogP contribution in [0, 0.1) is 6.92 Å². The van der Waals surface area contributed by atoms with Gasteiger partial charge in [-0.15, -0.1) is 0 Å². The van der Waals surface area contributed by atoms with E-state index in [1.54, 1.807) is 19.2 Å². The van der Waals surface area contributed by atoms with Crippen LogP contribution in [0.25, 0.3) is 11.2 Å². The van der Waals surface area contributed by atoms with E-state index in [1.165, 1.54) is 9.13 Å². The summed E-state index contributed by atoms with van der Waals surface area (Å²) >= 11 is 0. The Balaban J connectivity index is 2.21. The van der Waals surface area contributed by atoms with E-state index in [4.69, 9.17) is 0 Å². The number of amides is 2. The van der Waals surface area contributed by atoms with E-state index in [2.05, 4.69) is 10.3 Å². The third-order valence-electron chi connectivity index (χ3n) is 3.59. The molecule has 1 aliphatic heterocycles. The average molecular weight is 274 g/mol. The maximum Gasteiger partial charge on any atom is 0.330 e. The summed E-state index contributed by atoms with van der Waals surface area (Å²) in [5.41, 5.74) is 1.65. The van der Waals surface area contributed by atoms with Crippen LogP contribution in [0.4, 0.5) is 0 Å². The molecule has 0 bridgehead atoms. The van der Waals surface area contributed by atoms with Gasteiger partial charge in [0.25, 0.3) is 0 Å².